The van der Waals surface area contributed by atoms with Crippen LogP contribution in [0.2, 0.25) is 0 Å². The minimum Gasteiger partial charge on any atom is -0.316 e. The minimum atomic E-state index is -0.107. The number of H-pyrrole nitrogens is 3. The highest BCUT2D eigenvalue weighted by Crippen LogP contribution is 2.12. The van der Waals surface area contributed by atoms with Gasteiger partial charge in [-0.1, -0.05) is 18.2 Å². The Hall–Kier alpha value is -2.36. The van der Waals surface area contributed by atoms with Crippen LogP contribution in [-0.4, -0.2) is 9.97 Å². The fourth-order valence-corrected chi connectivity index (χ4v) is 1.73. The first-order chi connectivity index (χ1) is 7.83. The van der Waals surface area contributed by atoms with Gasteiger partial charge in [0.05, 0.1) is 0 Å². The summed E-state index contributed by atoms with van der Waals surface area (Å²) in [6, 6.07) is 13.0. The second-order valence-electron chi connectivity index (χ2n) is 3.60. The molecule has 3 N–H and O–H groups in total. The molecule has 0 saturated carbocycles. The summed E-state index contributed by atoms with van der Waals surface area (Å²) in [5, 5.41) is 0. The number of hydrogen-bond donors (Lipinski definition) is 2. The molecule has 3 aromatic rings. The zero-order valence-electron chi connectivity index (χ0n) is 8.45. The summed E-state index contributed by atoms with van der Waals surface area (Å²) in [7, 11) is 0. The topological polar surface area (TPSA) is 62.8 Å². The Bertz CT molecular complexity index is 663. The summed E-state index contributed by atoms with van der Waals surface area (Å²) in [6.45, 7) is 0. The highest BCUT2D eigenvalue weighted by Gasteiger charge is 2.11. The summed E-state index contributed by atoms with van der Waals surface area (Å²) < 4.78 is 0. The van der Waals surface area contributed by atoms with Gasteiger partial charge in [0.2, 0.25) is 5.56 Å². The number of rotatable bonds is 1. The Balaban J connectivity index is 2.23. The van der Waals surface area contributed by atoms with E-state index in [9.17, 15) is 4.79 Å². The van der Waals surface area contributed by atoms with Crippen molar-refractivity contribution in [3.05, 3.63) is 52.8 Å². The minimum absolute atomic E-state index is 0.107. The third-order valence-corrected chi connectivity index (χ3v) is 2.48. The zero-order chi connectivity index (χ0) is 11.0. The number of para-hydroxylation sites is 2. The Labute approximate surface area is 91.0 Å². The molecule has 2 heterocycles. The molecule has 0 atom stereocenters. The summed E-state index contributed by atoms with van der Waals surface area (Å²) in [5.74, 6) is 0.805. The van der Waals surface area contributed by atoms with Crippen LogP contribution in [0.5, 0.6) is 0 Å². The van der Waals surface area contributed by atoms with E-state index in [1.807, 2.05) is 30.3 Å². The van der Waals surface area contributed by atoms with Gasteiger partial charge in [-0.3, -0.25) is 4.79 Å². The Morgan fingerprint density at radius 2 is 1.81 bits per heavy atom. The molecule has 1 aromatic carbocycles. The van der Waals surface area contributed by atoms with Crippen LogP contribution in [0.15, 0.2) is 47.3 Å². The van der Waals surface area contributed by atoms with E-state index in [0.717, 1.165) is 22.6 Å². The number of aromatic nitrogens is 3. The second-order valence-corrected chi connectivity index (χ2v) is 3.60. The first kappa shape index (κ1) is 8.91. The lowest BCUT2D eigenvalue weighted by molar-refractivity contribution is -0.330. The lowest BCUT2D eigenvalue weighted by Gasteiger charge is -1.89. The van der Waals surface area contributed by atoms with E-state index < -0.39 is 0 Å². The van der Waals surface area contributed by atoms with Crippen molar-refractivity contribution in [3.63, 3.8) is 0 Å². The van der Waals surface area contributed by atoms with Gasteiger partial charge in [0.1, 0.15) is 5.69 Å². The third kappa shape index (κ3) is 1.40. The highest BCUT2D eigenvalue weighted by molar-refractivity contribution is 5.73. The summed E-state index contributed by atoms with van der Waals surface area (Å²) in [4.78, 5) is 20.4. The van der Waals surface area contributed by atoms with Crippen molar-refractivity contribution >= 4 is 11.0 Å². The molecule has 0 amide bonds. The van der Waals surface area contributed by atoms with Gasteiger partial charge in [0.25, 0.3) is 0 Å². The average Bonchev–Trinajstić information content (AvgIpc) is 2.72. The van der Waals surface area contributed by atoms with E-state index in [-0.39, 0.29) is 5.56 Å². The Morgan fingerprint density at radius 3 is 2.62 bits per heavy atom. The first-order valence-electron chi connectivity index (χ1n) is 5.03. The molecular formula is C12H10N3O+. The highest BCUT2D eigenvalue weighted by atomic mass is 16.1. The Kier molecular flexibility index (Phi) is 1.86. The van der Waals surface area contributed by atoms with Crippen molar-refractivity contribution in [1.82, 2.24) is 9.97 Å². The molecule has 0 bridgehead atoms. The maximum Gasteiger partial charge on any atom is 0.302 e. The van der Waals surface area contributed by atoms with Crippen LogP contribution in [0.25, 0.3) is 22.6 Å². The van der Waals surface area contributed by atoms with E-state index in [0.29, 0.717) is 0 Å². The Morgan fingerprint density at radius 1 is 0.938 bits per heavy atom. The fourth-order valence-electron chi connectivity index (χ4n) is 1.73. The maximum absolute atomic E-state index is 11.2. The summed E-state index contributed by atoms with van der Waals surface area (Å²) in [5.41, 5.74) is 2.68. The van der Waals surface area contributed by atoms with Crippen molar-refractivity contribution in [2.45, 2.75) is 0 Å². The lowest BCUT2D eigenvalue weighted by atomic mass is 10.3. The largest absolute Gasteiger partial charge is 0.316 e. The normalized spacial score (nSPS) is 10.8. The number of aromatic amines is 3. The molecule has 0 aliphatic carbocycles. The number of benzene rings is 1. The summed E-state index contributed by atoms with van der Waals surface area (Å²) in [6.07, 6.45) is 0. The van der Waals surface area contributed by atoms with Gasteiger partial charge < -0.3 is 4.98 Å². The molecule has 16 heavy (non-hydrogen) atoms. The molecule has 4 nitrogen and oxygen atoms in total. The van der Waals surface area contributed by atoms with Crippen LogP contribution >= 0.6 is 0 Å². The smallest absolute Gasteiger partial charge is 0.302 e. The molecule has 0 fully saturated rings. The molecule has 0 radical (unpaired) electrons. The molecule has 0 aliphatic rings. The monoisotopic (exact) mass is 212 g/mol. The van der Waals surface area contributed by atoms with Gasteiger partial charge in [-0.15, -0.1) is 0 Å². The predicted octanol–water partition coefficient (Wildman–Crippen LogP) is 1.34. The number of fused-ring (bicyclic) bond motifs is 1. The van der Waals surface area contributed by atoms with Crippen molar-refractivity contribution in [2.24, 2.45) is 0 Å². The van der Waals surface area contributed by atoms with Gasteiger partial charge in [-0.05, 0) is 18.2 Å². The molecule has 2 aromatic heterocycles. The van der Waals surface area contributed by atoms with Crippen LogP contribution in [0.4, 0.5) is 0 Å². The van der Waals surface area contributed by atoms with E-state index in [4.69, 9.17) is 0 Å². The van der Waals surface area contributed by atoms with Crippen molar-refractivity contribution in [3.8, 4) is 11.5 Å². The molecule has 3 rings (SSSR count). The molecular weight excluding hydrogens is 202 g/mol. The number of imidazole rings is 1. The van der Waals surface area contributed by atoms with E-state index in [2.05, 4.69) is 15.0 Å². The second kappa shape index (κ2) is 3.34. The van der Waals surface area contributed by atoms with Gasteiger partial charge in [-0.2, -0.15) is 0 Å². The van der Waals surface area contributed by atoms with Crippen molar-refractivity contribution in [2.75, 3.05) is 0 Å². The SMILES string of the molecule is O=c1cccc(-c2[nH]c3ccccc3[nH+]2)[nH]1. The van der Waals surface area contributed by atoms with Crippen molar-refractivity contribution in [1.29, 1.82) is 0 Å². The zero-order valence-corrected chi connectivity index (χ0v) is 8.45. The molecule has 78 valence electrons. The van der Waals surface area contributed by atoms with E-state index in [1.165, 1.54) is 6.07 Å². The molecule has 0 spiro atoms. The standard InChI is InChI=1S/C12H9N3O/c16-11-7-3-6-10(13-11)12-14-8-4-1-2-5-9(8)15-12/h1-7H,(H,13,16)(H,14,15)/p+1. The molecule has 0 unspecified atom stereocenters. The van der Waals surface area contributed by atoms with Gasteiger partial charge >= 0.3 is 5.82 Å². The number of pyridine rings is 1. The predicted molar refractivity (Wildman–Crippen MR) is 60.9 cm³/mol. The quantitative estimate of drug-likeness (QED) is 0.628. The number of nitrogens with one attached hydrogen (secondary N) is 3. The van der Waals surface area contributed by atoms with Crippen LogP contribution < -0.4 is 10.5 Å². The van der Waals surface area contributed by atoms with Crippen LogP contribution in [0, 0.1) is 0 Å². The van der Waals surface area contributed by atoms with E-state index in [1.54, 1.807) is 6.07 Å². The molecule has 0 aliphatic heterocycles. The van der Waals surface area contributed by atoms with E-state index >= 15 is 0 Å². The molecule has 0 saturated heterocycles. The fraction of sp³-hybridized carbons (Fsp3) is 0. The average molecular weight is 212 g/mol. The maximum atomic E-state index is 11.2. The van der Waals surface area contributed by atoms with Gasteiger partial charge in [-0.25, -0.2) is 9.97 Å². The van der Waals surface area contributed by atoms with Crippen LogP contribution in [-0.2, 0) is 0 Å². The third-order valence-electron chi connectivity index (χ3n) is 2.48. The van der Waals surface area contributed by atoms with Gasteiger partial charge in [0, 0.05) is 6.07 Å². The molecule has 4 heteroatoms. The van der Waals surface area contributed by atoms with Crippen molar-refractivity contribution < 1.29 is 4.98 Å². The van der Waals surface area contributed by atoms with Crippen LogP contribution in [0.1, 0.15) is 0 Å². The van der Waals surface area contributed by atoms with Crippen LogP contribution in [0.3, 0.4) is 0 Å². The first-order valence-corrected chi connectivity index (χ1v) is 5.03. The lowest BCUT2D eigenvalue weighted by Crippen LogP contribution is -2.09. The van der Waals surface area contributed by atoms with Gasteiger partial charge in [0.15, 0.2) is 11.0 Å². The number of hydrogen-bond acceptors (Lipinski definition) is 1. The summed E-state index contributed by atoms with van der Waals surface area (Å²) >= 11 is 0.